The van der Waals surface area contributed by atoms with Gasteiger partial charge in [0, 0.05) is 37.3 Å². The first-order chi connectivity index (χ1) is 23.5. The molecule has 250 valence electrons. The van der Waals surface area contributed by atoms with Gasteiger partial charge in [0.2, 0.25) is 11.8 Å². The summed E-state index contributed by atoms with van der Waals surface area (Å²) in [7, 11) is 0. The van der Waals surface area contributed by atoms with E-state index < -0.39 is 11.9 Å². The van der Waals surface area contributed by atoms with Crippen LogP contribution in [0.25, 0.3) is 0 Å². The maximum atomic E-state index is 13.5. The van der Waals surface area contributed by atoms with Crippen LogP contribution in [0.2, 0.25) is 0 Å². The van der Waals surface area contributed by atoms with Crippen LogP contribution in [0.1, 0.15) is 49.7 Å². The predicted octanol–water partition coefficient (Wildman–Crippen LogP) is 6.97. The molecular formula is C40H44N2O6. The molecule has 0 heterocycles. The Hall–Kier alpha value is -5.24. The second-order valence-corrected chi connectivity index (χ2v) is 11.4. The Kier molecular flexibility index (Phi) is 14.9. The molecule has 4 rings (SSSR count). The minimum Gasteiger partial charge on any atom is -0.466 e. The fourth-order valence-electron chi connectivity index (χ4n) is 5.26. The topological polar surface area (TPSA) is 93.2 Å². The van der Waals surface area contributed by atoms with Crippen molar-refractivity contribution in [3.8, 4) is 0 Å². The number of aryl methyl sites for hydroxylation is 2. The second kappa shape index (κ2) is 20.1. The van der Waals surface area contributed by atoms with Crippen molar-refractivity contribution in [2.45, 2.75) is 51.4 Å². The third-order valence-corrected chi connectivity index (χ3v) is 7.80. The number of amides is 2. The van der Waals surface area contributed by atoms with E-state index in [1.54, 1.807) is 9.80 Å². The lowest BCUT2D eigenvalue weighted by Crippen LogP contribution is -2.41. The quantitative estimate of drug-likeness (QED) is 0.0806. The van der Waals surface area contributed by atoms with E-state index >= 15 is 0 Å². The molecule has 8 nitrogen and oxygen atoms in total. The van der Waals surface area contributed by atoms with Gasteiger partial charge in [-0.2, -0.15) is 0 Å². The number of ether oxygens (including phenoxy) is 2. The van der Waals surface area contributed by atoms with Crippen molar-refractivity contribution in [1.29, 1.82) is 0 Å². The molecule has 0 bridgehead atoms. The highest BCUT2D eigenvalue weighted by Gasteiger charge is 2.22. The van der Waals surface area contributed by atoms with E-state index in [0.29, 0.717) is 37.4 Å². The van der Waals surface area contributed by atoms with Gasteiger partial charge in [-0.25, -0.2) is 0 Å². The predicted molar refractivity (Wildman–Crippen MR) is 188 cm³/mol. The van der Waals surface area contributed by atoms with E-state index in [1.165, 1.54) is 11.1 Å². The van der Waals surface area contributed by atoms with Crippen molar-refractivity contribution in [3.63, 3.8) is 0 Å². The zero-order chi connectivity index (χ0) is 33.8. The molecule has 0 aliphatic heterocycles. The Labute approximate surface area is 283 Å². The number of hydrogen-bond acceptors (Lipinski definition) is 6. The molecule has 0 spiro atoms. The Morgan fingerprint density at radius 3 is 1.12 bits per heavy atom. The van der Waals surface area contributed by atoms with Gasteiger partial charge in [0.1, 0.15) is 0 Å². The first kappa shape index (κ1) is 35.6. The van der Waals surface area contributed by atoms with E-state index in [1.807, 2.05) is 121 Å². The largest absolute Gasteiger partial charge is 0.466 e. The first-order valence-electron chi connectivity index (χ1n) is 16.6. The van der Waals surface area contributed by atoms with Gasteiger partial charge in [-0.1, -0.05) is 97.1 Å². The van der Waals surface area contributed by atoms with Crippen molar-refractivity contribution >= 4 is 35.1 Å². The van der Waals surface area contributed by atoms with Crippen LogP contribution in [0, 0.1) is 0 Å². The van der Waals surface area contributed by atoms with Crippen molar-refractivity contribution in [3.05, 3.63) is 132 Å². The van der Waals surface area contributed by atoms with Gasteiger partial charge in [-0.05, 0) is 61.1 Å². The Balaban J connectivity index is 1.28. The molecule has 48 heavy (non-hydrogen) atoms. The third-order valence-electron chi connectivity index (χ3n) is 7.80. The molecule has 0 fully saturated rings. The molecule has 0 unspecified atom stereocenters. The van der Waals surface area contributed by atoms with Crippen LogP contribution >= 0.6 is 0 Å². The lowest BCUT2D eigenvalue weighted by atomic mass is 10.1. The summed E-state index contributed by atoms with van der Waals surface area (Å²) < 4.78 is 10.8. The standard InChI is InChI=1S/C40H44N2O6/c43-37(25-27-39(45)47-31-13-19-33-15-5-1-6-16-33)41(35-21-9-3-10-22-35)29-30-42(36-23-11-4-12-24-36)38(44)26-28-40(46)48-32-14-20-34-17-7-2-8-18-34/h1-12,15-18,21-24H,13-14,19-20,25-32H2. The van der Waals surface area contributed by atoms with E-state index in [0.717, 1.165) is 12.8 Å². The summed E-state index contributed by atoms with van der Waals surface area (Å²) in [5.41, 5.74) is 3.69. The van der Waals surface area contributed by atoms with Crippen molar-refractivity contribution in [2.24, 2.45) is 0 Å². The fraction of sp³-hybridized carbons (Fsp3) is 0.300. The molecule has 0 aromatic heterocycles. The summed E-state index contributed by atoms with van der Waals surface area (Å²) >= 11 is 0. The average molecular weight is 649 g/mol. The van der Waals surface area contributed by atoms with Crippen LogP contribution in [0.3, 0.4) is 0 Å². The maximum absolute atomic E-state index is 13.5. The zero-order valence-corrected chi connectivity index (χ0v) is 27.4. The monoisotopic (exact) mass is 648 g/mol. The third kappa shape index (κ3) is 12.5. The van der Waals surface area contributed by atoms with Crippen molar-refractivity contribution < 1.29 is 28.7 Å². The molecule has 0 radical (unpaired) electrons. The molecular weight excluding hydrogens is 604 g/mol. The molecule has 8 heteroatoms. The number of hydrogen-bond donors (Lipinski definition) is 0. The summed E-state index contributed by atoms with van der Waals surface area (Å²) in [6.07, 6.45) is 2.89. The highest BCUT2D eigenvalue weighted by atomic mass is 16.5. The van der Waals surface area contributed by atoms with Gasteiger partial charge < -0.3 is 19.3 Å². The smallest absolute Gasteiger partial charge is 0.306 e. The number of rotatable bonds is 19. The van der Waals surface area contributed by atoms with Crippen LogP contribution in [0.5, 0.6) is 0 Å². The molecule has 0 atom stereocenters. The van der Waals surface area contributed by atoms with E-state index in [9.17, 15) is 19.2 Å². The van der Waals surface area contributed by atoms with Crippen LogP contribution in [0.4, 0.5) is 11.4 Å². The summed E-state index contributed by atoms with van der Waals surface area (Å²) in [6, 6.07) is 38.3. The van der Waals surface area contributed by atoms with Gasteiger partial charge in [-0.3, -0.25) is 19.2 Å². The molecule has 0 saturated carbocycles. The highest BCUT2D eigenvalue weighted by Crippen LogP contribution is 2.19. The number of nitrogens with zero attached hydrogens (tertiary/aromatic N) is 2. The van der Waals surface area contributed by atoms with Crippen LogP contribution in [-0.2, 0) is 41.5 Å². The number of benzene rings is 4. The molecule has 4 aromatic carbocycles. The lowest BCUT2D eigenvalue weighted by molar-refractivity contribution is -0.145. The summed E-state index contributed by atoms with van der Waals surface area (Å²) in [4.78, 5) is 55.0. The first-order valence-corrected chi connectivity index (χ1v) is 16.6. The molecule has 0 N–H and O–H groups in total. The van der Waals surface area contributed by atoms with Crippen molar-refractivity contribution in [1.82, 2.24) is 0 Å². The van der Waals surface area contributed by atoms with Gasteiger partial charge >= 0.3 is 11.9 Å². The zero-order valence-electron chi connectivity index (χ0n) is 27.4. The molecule has 2 amide bonds. The van der Waals surface area contributed by atoms with Crippen molar-refractivity contribution in [2.75, 3.05) is 36.1 Å². The van der Waals surface area contributed by atoms with Crippen LogP contribution in [0.15, 0.2) is 121 Å². The Morgan fingerprint density at radius 1 is 0.438 bits per heavy atom. The number of carbonyl (C=O) groups excluding carboxylic acids is 4. The molecule has 0 aliphatic rings. The SMILES string of the molecule is O=C(CCC(=O)N(CCN(C(=O)CCC(=O)OCCCc1ccccc1)c1ccccc1)c1ccccc1)OCCCc1ccccc1. The number of para-hydroxylation sites is 2. The Morgan fingerprint density at radius 2 is 0.771 bits per heavy atom. The lowest BCUT2D eigenvalue weighted by Gasteiger charge is -2.28. The van der Waals surface area contributed by atoms with E-state index in [-0.39, 0.29) is 50.6 Å². The maximum Gasteiger partial charge on any atom is 0.306 e. The summed E-state index contributed by atoms with van der Waals surface area (Å²) in [5, 5.41) is 0. The highest BCUT2D eigenvalue weighted by molar-refractivity contribution is 5.97. The van der Waals surface area contributed by atoms with Crippen LogP contribution < -0.4 is 9.80 Å². The number of carbonyl (C=O) groups is 4. The number of esters is 2. The van der Waals surface area contributed by atoms with Gasteiger partial charge in [-0.15, -0.1) is 0 Å². The molecule has 4 aromatic rings. The van der Waals surface area contributed by atoms with Gasteiger partial charge in [0.05, 0.1) is 26.1 Å². The minimum absolute atomic E-state index is 0.0260. The minimum atomic E-state index is -0.419. The van der Waals surface area contributed by atoms with E-state index in [4.69, 9.17) is 9.47 Å². The summed E-state index contributed by atoms with van der Waals surface area (Å²) in [5.74, 6) is -1.33. The average Bonchev–Trinajstić information content (AvgIpc) is 3.13. The number of anilines is 2. The molecule has 0 aliphatic carbocycles. The Bertz CT molecular complexity index is 1430. The normalized spacial score (nSPS) is 10.6. The van der Waals surface area contributed by atoms with Gasteiger partial charge in [0.25, 0.3) is 0 Å². The molecule has 0 saturated heterocycles. The van der Waals surface area contributed by atoms with Gasteiger partial charge in [0.15, 0.2) is 0 Å². The second-order valence-electron chi connectivity index (χ2n) is 11.4. The fourth-order valence-corrected chi connectivity index (χ4v) is 5.26. The van der Waals surface area contributed by atoms with Crippen LogP contribution in [-0.4, -0.2) is 50.1 Å². The summed E-state index contributed by atoms with van der Waals surface area (Å²) in [6.45, 7) is 0.971. The van der Waals surface area contributed by atoms with E-state index in [2.05, 4.69) is 0 Å².